The van der Waals surface area contributed by atoms with E-state index in [4.69, 9.17) is 0 Å². The Labute approximate surface area is 98.9 Å². The SMILES string of the molecule is COC(=O)c1cc(Br)c(C)cc1I. The number of carbonyl (C=O) groups is 1. The van der Waals surface area contributed by atoms with Crippen LogP contribution >= 0.6 is 38.5 Å². The summed E-state index contributed by atoms with van der Waals surface area (Å²) >= 11 is 5.49. The Kier molecular flexibility index (Phi) is 3.73. The minimum absolute atomic E-state index is 0.301. The number of carbonyl (C=O) groups excluding carboxylic acids is 1. The summed E-state index contributed by atoms with van der Waals surface area (Å²) < 4.78 is 6.48. The lowest BCUT2D eigenvalue weighted by Crippen LogP contribution is -2.04. The van der Waals surface area contributed by atoms with E-state index >= 15 is 0 Å². The third kappa shape index (κ3) is 2.43. The van der Waals surface area contributed by atoms with Gasteiger partial charge in [-0.3, -0.25) is 0 Å². The molecule has 0 saturated carbocycles. The Hall–Kier alpha value is -0.100. The lowest BCUT2D eigenvalue weighted by molar-refractivity contribution is 0.0599. The van der Waals surface area contributed by atoms with Crippen molar-refractivity contribution in [3.63, 3.8) is 0 Å². The topological polar surface area (TPSA) is 26.3 Å². The van der Waals surface area contributed by atoms with Crippen molar-refractivity contribution in [1.29, 1.82) is 0 Å². The number of hydrogen-bond donors (Lipinski definition) is 0. The van der Waals surface area contributed by atoms with Gasteiger partial charge in [0.15, 0.2) is 0 Å². The van der Waals surface area contributed by atoms with Crippen molar-refractivity contribution < 1.29 is 9.53 Å². The maximum absolute atomic E-state index is 11.2. The molecule has 0 saturated heterocycles. The Bertz CT molecular complexity index is 350. The molecule has 0 atom stereocenters. The fourth-order valence-electron chi connectivity index (χ4n) is 0.913. The van der Waals surface area contributed by atoms with Gasteiger partial charge in [-0.05, 0) is 47.2 Å². The van der Waals surface area contributed by atoms with Crippen LogP contribution < -0.4 is 0 Å². The van der Waals surface area contributed by atoms with Crippen LogP contribution in [0.3, 0.4) is 0 Å². The van der Waals surface area contributed by atoms with E-state index in [9.17, 15) is 4.79 Å². The molecule has 0 N–H and O–H groups in total. The molecule has 0 bridgehead atoms. The smallest absolute Gasteiger partial charge is 0.338 e. The van der Waals surface area contributed by atoms with Crippen LogP contribution in [0.1, 0.15) is 15.9 Å². The van der Waals surface area contributed by atoms with Gasteiger partial charge in [0.25, 0.3) is 0 Å². The van der Waals surface area contributed by atoms with Crippen LogP contribution in [-0.4, -0.2) is 13.1 Å². The van der Waals surface area contributed by atoms with Crippen molar-refractivity contribution in [2.75, 3.05) is 7.11 Å². The van der Waals surface area contributed by atoms with Gasteiger partial charge < -0.3 is 4.74 Å². The van der Waals surface area contributed by atoms with Gasteiger partial charge in [0.1, 0.15) is 0 Å². The molecule has 1 aromatic rings. The fraction of sp³-hybridized carbons (Fsp3) is 0.222. The molecule has 2 nitrogen and oxygen atoms in total. The molecule has 0 aliphatic rings. The molecular weight excluding hydrogens is 347 g/mol. The molecule has 1 aromatic carbocycles. The molecule has 1 rings (SSSR count). The second kappa shape index (κ2) is 4.41. The van der Waals surface area contributed by atoms with Crippen LogP contribution in [0, 0.1) is 10.5 Å². The normalized spacial score (nSPS) is 9.85. The van der Waals surface area contributed by atoms with Gasteiger partial charge in [-0.15, -0.1) is 0 Å². The Balaban J connectivity index is 3.23. The Morgan fingerprint density at radius 1 is 1.54 bits per heavy atom. The standard InChI is InChI=1S/C9H8BrIO2/c1-5-3-8(11)6(4-7(5)10)9(12)13-2/h3-4H,1-2H3. The highest BCUT2D eigenvalue weighted by Gasteiger charge is 2.11. The zero-order chi connectivity index (χ0) is 10.0. The largest absolute Gasteiger partial charge is 0.465 e. The van der Waals surface area contributed by atoms with E-state index < -0.39 is 0 Å². The van der Waals surface area contributed by atoms with E-state index in [2.05, 4.69) is 43.3 Å². The van der Waals surface area contributed by atoms with E-state index in [-0.39, 0.29) is 5.97 Å². The lowest BCUT2D eigenvalue weighted by atomic mass is 10.1. The van der Waals surface area contributed by atoms with Crippen LogP contribution in [0.5, 0.6) is 0 Å². The quantitative estimate of drug-likeness (QED) is 0.572. The lowest BCUT2D eigenvalue weighted by Gasteiger charge is -2.05. The third-order valence-electron chi connectivity index (χ3n) is 1.65. The molecule has 0 heterocycles. The zero-order valence-electron chi connectivity index (χ0n) is 7.23. The predicted octanol–water partition coefficient (Wildman–Crippen LogP) is 3.15. The third-order valence-corrected chi connectivity index (χ3v) is 3.40. The van der Waals surface area contributed by atoms with Crippen molar-refractivity contribution in [1.82, 2.24) is 0 Å². The molecule has 0 aromatic heterocycles. The molecule has 13 heavy (non-hydrogen) atoms. The summed E-state index contributed by atoms with van der Waals surface area (Å²) in [5, 5.41) is 0. The summed E-state index contributed by atoms with van der Waals surface area (Å²) in [6.45, 7) is 1.98. The molecule has 70 valence electrons. The van der Waals surface area contributed by atoms with Gasteiger partial charge in [-0.2, -0.15) is 0 Å². The number of benzene rings is 1. The highest BCUT2D eigenvalue weighted by atomic mass is 127. The average molecular weight is 355 g/mol. The minimum Gasteiger partial charge on any atom is -0.465 e. The Morgan fingerprint density at radius 2 is 2.15 bits per heavy atom. The van der Waals surface area contributed by atoms with Crippen LogP contribution in [0.25, 0.3) is 0 Å². The molecular formula is C9H8BrIO2. The van der Waals surface area contributed by atoms with Crippen molar-refractivity contribution >= 4 is 44.5 Å². The number of halogens is 2. The van der Waals surface area contributed by atoms with E-state index in [1.165, 1.54) is 7.11 Å². The summed E-state index contributed by atoms with van der Waals surface area (Å²) in [4.78, 5) is 11.2. The van der Waals surface area contributed by atoms with Crippen LogP contribution in [0.2, 0.25) is 0 Å². The van der Waals surface area contributed by atoms with E-state index in [1.54, 1.807) is 6.07 Å². The molecule has 0 amide bonds. The van der Waals surface area contributed by atoms with Gasteiger partial charge in [-0.25, -0.2) is 4.79 Å². The number of hydrogen-bond acceptors (Lipinski definition) is 2. The molecule has 0 aliphatic heterocycles. The Morgan fingerprint density at radius 3 is 2.69 bits per heavy atom. The first-order valence-electron chi connectivity index (χ1n) is 3.60. The molecule has 0 aliphatic carbocycles. The first kappa shape index (κ1) is 11.0. The number of ether oxygens (including phenoxy) is 1. The van der Waals surface area contributed by atoms with Crippen molar-refractivity contribution in [2.24, 2.45) is 0 Å². The summed E-state index contributed by atoms with van der Waals surface area (Å²) in [6, 6.07) is 3.72. The maximum Gasteiger partial charge on any atom is 0.338 e. The number of rotatable bonds is 1. The summed E-state index contributed by atoms with van der Waals surface area (Å²) in [6.07, 6.45) is 0. The minimum atomic E-state index is -0.301. The first-order valence-corrected chi connectivity index (χ1v) is 5.47. The first-order chi connectivity index (χ1) is 6.06. The number of aryl methyl sites for hydroxylation is 1. The van der Waals surface area contributed by atoms with E-state index in [0.717, 1.165) is 13.6 Å². The average Bonchev–Trinajstić information content (AvgIpc) is 2.10. The number of esters is 1. The predicted molar refractivity (Wildman–Crippen MR) is 62.9 cm³/mol. The van der Waals surface area contributed by atoms with Crippen LogP contribution in [0.15, 0.2) is 16.6 Å². The molecule has 0 spiro atoms. The van der Waals surface area contributed by atoms with Crippen molar-refractivity contribution in [3.05, 3.63) is 31.3 Å². The van der Waals surface area contributed by atoms with Crippen LogP contribution in [-0.2, 0) is 4.74 Å². The summed E-state index contributed by atoms with van der Waals surface area (Å²) in [5.41, 5.74) is 1.71. The molecule has 4 heteroatoms. The maximum atomic E-state index is 11.2. The highest BCUT2D eigenvalue weighted by Crippen LogP contribution is 2.23. The summed E-state index contributed by atoms with van der Waals surface area (Å²) in [5.74, 6) is -0.301. The monoisotopic (exact) mass is 354 g/mol. The zero-order valence-corrected chi connectivity index (χ0v) is 11.0. The number of methoxy groups -OCH3 is 1. The van der Waals surface area contributed by atoms with Crippen molar-refractivity contribution in [3.8, 4) is 0 Å². The molecule has 0 fully saturated rings. The van der Waals surface area contributed by atoms with Gasteiger partial charge in [0.2, 0.25) is 0 Å². The second-order valence-corrected chi connectivity index (χ2v) is 4.59. The molecule has 0 unspecified atom stereocenters. The van der Waals surface area contributed by atoms with Gasteiger partial charge >= 0.3 is 5.97 Å². The highest BCUT2D eigenvalue weighted by molar-refractivity contribution is 14.1. The fourth-order valence-corrected chi connectivity index (χ4v) is 2.10. The van der Waals surface area contributed by atoms with Crippen molar-refractivity contribution in [2.45, 2.75) is 6.92 Å². The second-order valence-electron chi connectivity index (χ2n) is 2.57. The van der Waals surface area contributed by atoms with Gasteiger partial charge in [-0.1, -0.05) is 15.9 Å². The van der Waals surface area contributed by atoms with Gasteiger partial charge in [0, 0.05) is 8.04 Å². The van der Waals surface area contributed by atoms with Gasteiger partial charge in [0.05, 0.1) is 12.7 Å². The van der Waals surface area contributed by atoms with E-state index in [1.807, 2.05) is 13.0 Å². The van der Waals surface area contributed by atoms with Crippen LogP contribution in [0.4, 0.5) is 0 Å². The van der Waals surface area contributed by atoms with E-state index in [0.29, 0.717) is 5.56 Å². The molecule has 0 radical (unpaired) electrons. The summed E-state index contributed by atoms with van der Waals surface area (Å²) in [7, 11) is 1.38.